The predicted molar refractivity (Wildman–Crippen MR) is 32.6 cm³/mol. The first-order valence-corrected chi connectivity index (χ1v) is 3.21. The normalized spacial score (nSPS) is 38.2. The third kappa shape index (κ3) is 1.01. The minimum Gasteiger partial charge on any atom is -0.377 e. The summed E-state index contributed by atoms with van der Waals surface area (Å²) in [5.74, 6) is 0. The number of ether oxygens (including phenoxy) is 1. The molecule has 8 heavy (non-hydrogen) atoms. The maximum atomic E-state index is 5.66. The van der Waals surface area contributed by atoms with Crippen LogP contribution in [0.1, 0.15) is 19.8 Å². The molecular weight excluding hydrogens is 102 g/mol. The van der Waals surface area contributed by atoms with Gasteiger partial charge >= 0.3 is 0 Å². The van der Waals surface area contributed by atoms with Gasteiger partial charge in [-0.1, -0.05) is 6.92 Å². The van der Waals surface area contributed by atoms with Crippen LogP contribution in [0.25, 0.3) is 0 Å². The van der Waals surface area contributed by atoms with Crippen molar-refractivity contribution >= 4 is 0 Å². The Morgan fingerprint density at radius 2 is 2.50 bits per heavy atom. The molecule has 0 aromatic rings. The van der Waals surface area contributed by atoms with Crippen LogP contribution in [0.3, 0.4) is 0 Å². The molecule has 1 saturated heterocycles. The van der Waals surface area contributed by atoms with Crippen LogP contribution in [-0.2, 0) is 4.74 Å². The van der Waals surface area contributed by atoms with Crippen molar-refractivity contribution in [1.29, 1.82) is 0 Å². The molecule has 1 aliphatic rings. The van der Waals surface area contributed by atoms with Crippen molar-refractivity contribution in [2.24, 2.45) is 5.73 Å². The largest absolute Gasteiger partial charge is 0.377 e. The number of hydrogen-bond donors (Lipinski definition) is 1. The summed E-state index contributed by atoms with van der Waals surface area (Å²) >= 11 is 0. The van der Waals surface area contributed by atoms with Crippen LogP contribution in [0, 0.1) is 0 Å². The SMILES string of the molecule is CC[C@H]1OCC[C@@H]1N. The summed E-state index contributed by atoms with van der Waals surface area (Å²) in [4.78, 5) is 0. The Bertz CT molecular complexity index is 74.9. The Hall–Kier alpha value is -0.0800. The first-order valence-electron chi connectivity index (χ1n) is 3.21. The van der Waals surface area contributed by atoms with Gasteiger partial charge in [-0.25, -0.2) is 0 Å². The Morgan fingerprint density at radius 3 is 2.75 bits per heavy atom. The molecule has 1 fully saturated rings. The minimum absolute atomic E-state index is 0.306. The van der Waals surface area contributed by atoms with Crippen molar-refractivity contribution in [3.8, 4) is 0 Å². The van der Waals surface area contributed by atoms with Gasteiger partial charge in [-0.15, -0.1) is 0 Å². The summed E-state index contributed by atoms with van der Waals surface area (Å²) in [7, 11) is 0. The first kappa shape index (κ1) is 6.05. The Morgan fingerprint density at radius 1 is 1.75 bits per heavy atom. The van der Waals surface area contributed by atoms with Crippen molar-refractivity contribution in [3.63, 3.8) is 0 Å². The van der Waals surface area contributed by atoms with Crippen molar-refractivity contribution < 1.29 is 4.74 Å². The lowest BCUT2D eigenvalue weighted by atomic mass is 10.1. The molecule has 2 N–H and O–H groups in total. The molecule has 1 rings (SSSR count). The molecule has 2 heteroatoms. The van der Waals surface area contributed by atoms with Gasteiger partial charge in [0.1, 0.15) is 0 Å². The second kappa shape index (κ2) is 2.46. The summed E-state index contributed by atoms with van der Waals surface area (Å²) in [6.07, 6.45) is 2.44. The Labute approximate surface area is 50.0 Å². The van der Waals surface area contributed by atoms with E-state index in [-0.39, 0.29) is 0 Å². The Balaban J connectivity index is 2.30. The molecule has 2 atom stereocenters. The fraction of sp³-hybridized carbons (Fsp3) is 1.00. The maximum Gasteiger partial charge on any atom is 0.0724 e. The van der Waals surface area contributed by atoms with E-state index in [1.54, 1.807) is 0 Å². The highest BCUT2D eigenvalue weighted by molar-refractivity contribution is 4.77. The lowest BCUT2D eigenvalue weighted by molar-refractivity contribution is 0.101. The molecule has 0 unspecified atom stereocenters. The zero-order chi connectivity index (χ0) is 5.98. The second-order valence-electron chi connectivity index (χ2n) is 2.27. The van der Waals surface area contributed by atoms with E-state index in [2.05, 4.69) is 6.92 Å². The fourth-order valence-corrected chi connectivity index (χ4v) is 1.09. The van der Waals surface area contributed by atoms with E-state index >= 15 is 0 Å². The molecule has 0 spiro atoms. The third-order valence-corrected chi connectivity index (χ3v) is 1.66. The average Bonchev–Trinajstić information content (AvgIpc) is 2.14. The number of nitrogens with two attached hydrogens (primary N) is 1. The molecule has 0 saturated carbocycles. The van der Waals surface area contributed by atoms with Gasteiger partial charge in [-0.05, 0) is 12.8 Å². The molecule has 1 aliphatic heterocycles. The van der Waals surface area contributed by atoms with E-state index in [0.29, 0.717) is 12.1 Å². The van der Waals surface area contributed by atoms with Crippen LogP contribution in [-0.4, -0.2) is 18.8 Å². The van der Waals surface area contributed by atoms with E-state index < -0.39 is 0 Å². The lowest BCUT2D eigenvalue weighted by Gasteiger charge is -2.09. The van der Waals surface area contributed by atoms with Gasteiger partial charge in [0.2, 0.25) is 0 Å². The van der Waals surface area contributed by atoms with Crippen LogP contribution < -0.4 is 5.73 Å². The van der Waals surface area contributed by atoms with Crippen molar-refractivity contribution in [2.75, 3.05) is 6.61 Å². The standard InChI is InChI=1S/C6H13NO/c1-2-6-5(7)3-4-8-6/h5-6H,2-4,7H2,1H3/t5-,6+/m0/s1. The Kier molecular flexibility index (Phi) is 1.86. The van der Waals surface area contributed by atoms with Crippen molar-refractivity contribution in [1.82, 2.24) is 0 Å². The second-order valence-corrected chi connectivity index (χ2v) is 2.27. The van der Waals surface area contributed by atoms with Gasteiger partial charge in [0.25, 0.3) is 0 Å². The molecule has 0 aliphatic carbocycles. The van der Waals surface area contributed by atoms with Crippen LogP contribution in [0.4, 0.5) is 0 Å². The van der Waals surface area contributed by atoms with Crippen LogP contribution >= 0.6 is 0 Å². The smallest absolute Gasteiger partial charge is 0.0724 e. The van der Waals surface area contributed by atoms with E-state index in [1.165, 1.54) is 0 Å². The van der Waals surface area contributed by atoms with Crippen LogP contribution in [0.2, 0.25) is 0 Å². The van der Waals surface area contributed by atoms with Gasteiger partial charge in [0.05, 0.1) is 6.10 Å². The number of rotatable bonds is 1. The zero-order valence-electron chi connectivity index (χ0n) is 5.26. The molecule has 0 bridgehead atoms. The topological polar surface area (TPSA) is 35.2 Å². The number of hydrogen-bond acceptors (Lipinski definition) is 2. The highest BCUT2D eigenvalue weighted by atomic mass is 16.5. The monoisotopic (exact) mass is 115 g/mol. The molecular formula is C6H13NO. The lowest BCUT2D eigenvalue weighted by Crippen LogP contribution is -2.29. The van der Waals surface area contributed by atoms with Crippen LogP contribution in [0.5, 0.6) is 0 Å². The molecule has 0 amide bonds. The first-order chi connectivity index (χ1) is 3.84. The van der Waals surface area contributed by atoms with Crippen molar-refractivity contribution in [2.45, 2.75) is 31.9 Å². The summed E-state index contributed by atoms with van der Waals surface area (Å²) in [5.41, 5.74) is 5.66. The third-order valence-electron chi connectivity index (χ3n) is 1.66. The molecule has 2 nitrogen and oxygen atoms in total. The van der Waals surface area contributed by atoms with Gasteiger partial charge in [0, 0.05) is 12.6 Å². The van der Waals surface area contributed by atoms with Gasteiger partial charge < -0.3 is 10.5 Å². The molecule has 0 aromatic carbocycles. The highest BCUT2D eigenvalue weighted by Gasteiger charge is 2.21. The molecule has 0 aromatic heterocycles. The van der Waals surface area contributed by atoms with Gasteiger partial charge in [-0.2, -0.15) is 0 Å². The average molecular weight is 115 g/mol. The summed E-state index contributed by atoms with van der Waals surface area (Å²) in [6.45, 7) is 2.97. The van der Waals surface area contributed by atoms with E-state index in [1.807, 2.05) is 0 Å². The fourth-order valence-electron chi connectivity index (χ4n) is 1.09. The summed E-state index contributed by atoms with van der Waals surface area (Å²) < 4.78 is 5.29. The zero-order valence-corrected chi connectivity index (χ0v) is 5.26. The minimum atomic E-state index is 0.306. The van der Waals surface area contributed by atoms with Gasteiger partial charge in [-0.3, -0.25) is 0 Å². The van der Waals surface area contributed by atoms with E-state index in [0.717, 1.165) is 19.4 Å². The maximum absolute atomic E-state index is 5.66. The van der Waals surface area contributed by atoms with Crippen molar-refractivity contribution in [3.05, 3.63) is 0 Å². The molecule has 48 valence electrons. The van der Waals surface area contributed by atoms with E-state index in [9.17, 15) is 0 Å². The van der Waals surface area contributed by atoms with Gasteiger partial charge in [0.15, 0.2) is 0 Å². The molecule has 0 radical (unpaired) electrons. The molecule has 1 heterocycles. The summed E-state index contributed by atoms with van der Waals surface area (Å²) in [5, 5.41) is 0. The quantitative estimate of drug-likeness (QED) is 0.540. The predicted octanol–water partition coefficient (Wildman–Crippen LogP) is 0.513. The highest BCUT2D eigenvalue weighted by Crippen LogP contribution is 2.13. The summed E-state index contributed by atoms with van der Waals surface area (Å²) in [6, 6.07) is 0.306. The van der Waals surface area contributed by atoms with E-state index in [4.69, 9.17) is 10.5 Å². The van der Waals surface area contributed by atoms with Crippen LogP contribution in [0.15, 0.2) is 0 Å².